The molecule has 1 aliphatic rings. The molecule has 1 aliphatic carbocycles. The molecule has 6 nitrogen and oxygen atoms in total. The zero-order chi connectivity index (χ0) is 17.2. The monoisotopic (exact) mass is 325 g/mol. The average Bonchev–Trinajstić information content (AvgIpc) is 3.37. The van der Waals surface area contributed by atoms with Crippen LogP contribution in [0, 0.1) is 17.2 Å². The fourth-order valence-electron chi connectivity index (χ4n) is 2.84. The molecular formula is C18H19N3O3. The van der Waals surface area contributed by atoms with E-state index in [0.717, 1.165) is 29.3 Å². The molecule has 2 aromatic rings. The normalized spacial score (nSPS) is 16.2. The Morgan fingerprint density at radius 1 is 1.42 bits per heavy atom. The Hall–Kier alpha value is -2.81. The molecule has 124 valence electrons. The lowest BCUT2D eigenvalue weighted by Crippen LogP contribution is -2.48. The fourth-order valence-corrected chi connectivity index (χ4v) is 2.84. The van der Waals surface area contributed by atoms with Gasteiger partial charge < -0.3 is 15.0 Å². The number of para-hydroxylation sites is 1. The molecular weight excluding hydrogens is 306 g/mol. The smallest absolute Gasteiger partial charge is 0.310 e. The van der Waals surface area contributed by atoms with Gasteiger partial charge in [-0.2, -0.15) is 5.26 Å². The van der Waals surface area contributed by atoms with Crippen molar-refractivity contribution in [2.45, 2.75) is 31.7 Å². The van der Waals surface area contributed by atoms with E-state index in [1.54, 1.807) is 13.1 Å². The van der Waals surface area contributed by atoms with Crippen LogP contribution < -0.4 is 5.32 Å². The van der Waals surface area contributed by atoms with Crippen LogP contribution in [0.2, 0.25) is 0 Å². The maximum atomic E-state index is 12.0. The highest BCUT2D eigenvalue weighted by Crippen LogP contribution is 2.39. The van der Waals surface area contributed by atoms with Gasteiger partial charge in [-0.1, -0.05) is 18.2 Å². The van der Waals surface area contributed by atoms with Crippen molar-refractivity contribution in [3.63, 3.8) is 0 Å². The molecule has 0 saturated heterocycles. The quantitative estimate of drug-likeness (QED) is 0.795. The van der Waals surface area contributed by atoms with Crippen molar-refractivity contribution in [2.75, 3.05) is 6.61 Å². The molecule has 2 N–H and O–H groups in total. The first-order chi connectivity index (χ1) is 11.5. The van der Waals surface area contributed by atoms with Gasteiger partial charge in [0.15, 0.2) is 6.61 Å². The summed E-state index contributed by atoms with van der Waals surface area (Å²) in [6.07, 6.45) is 3.73. The number of nitrogens with one attached hydrogen (secondary N) is 2. The number of hydrogen-bond acceptors (Lipinski definition) is 4. The summed E-state index contributed by atoms with van der Waals surface area (Å²) in [5.74, 6) is -0.730. The van der Waals surface area contributed by atoms with Crippen molar-refractivity contribution in [1.29, 1.82) is 5.26 Å². The minimum absolute atomic E-state index is 0.0927. The van der Waals surface area contributed by atoms with E-state index in [0.29, 0.717) is 0 Å². The second kappa shape index (κ2) is 6.36. The van der Waals surface area contributed by atoms with E-state index in [-0.39, 0.29) is 18.9 Å². The molecule has 0 bridgehead atoms. The number of fused-ring (bicyclic) bond motifs is 1. The Kier molecular flexibility index (Phi) is 4.26. The Labute approximate surface area is 139 Å². The topological polar surface area (TPSA) is 95.0 Å². The van der Waals surface area contributed by atoms with Crippen LogP contribution >= 0.6 is 0 Å². The van der Waals surface area contributed by atoms with E-state index in [1.807, 2.05) is 24.3 Å². The number of nitriles is 1. The minimum atomic E-state index is -0.875. The molecule has 0 unspecified atom stereocenters. The molecule has 1 aromatic carbocycles. The van der Waals surface area contributed by atoms with Crippen LogP contribution in [0.25, 0.3) is 10.9 Å². The van der Waals surface area contributed by atoms with Crippen LogP contribution in [-0.2, 0) is 20.7 Å². The summed E-state index contributed by atoms with van der Waals surface area (Å²) < 4.78 is 5.04. The number of aromatic nitrogens is 1. The largest absolute Gasteiger partial charge is 0.455 e. The maximum Gasteiger partial charge on any atom is 0.310 e. The second-order valence-corrected chi connectivity index (χ2v) is 6.33. The van der Waals surface area contributed by atoms with E-state index < -0.39 is 17.4 Å². The van der Waals surface area contributed by atoms with Gasteiger partial charge in [0.25, 0.3) is 5.91 Å². The lowest BCUT2D eigenvalue weighted by molar-refractivity contribution is -0.148. The SMILES string of the molecule is C[C@](C#N)(NC(=O)COC(=O)Cc1c[nH]c2ccccc12)C1CC1. The van der Waals surface area contributed by atoms with Crippen LogP contribution in [0.1, 0.15) is 25.3 Å². The molecule has 1 saturated carbocycles. The van der Waals surface area contributed by atoms with Gasteiger partial charge in [-0.15, -0.1) is 0 Å². The van der Waals surface area contributed by atoms with E-state index in [2.05, 4.69) is 16.4 Å². The number of amides is 1. The van der Waals surface area contributed by atoms with Gasteiger partial charge in [-0.05, 0) is 37.3 Å². The molecule has 3 rings (SSSR count). The molecule has 1 aromatic heterocycles. The van der Waals surface area contributed by atoms with E-state index in [4.69, 9.17) is 4.74 Å². The third-order valence-electron chi connectivity index (χ3n) is 4.40. The van der Waals surface area contributed by atoms with E-state index >= 15 is 0 Å². The van der Waals surface area contributed by atoms with Gasteiger partial charge in [0, 0.05) is 17.1 Å². The highest BCUT2D eigenvalue weighted by Gasteiger charge is 2.43. The third kappa shape index (κ3) is 3.40. The highest BCUT2D eigenvalue weighted by molar-refractivity contribution is 5.88. The number of rotatable bonds is 6. The number of H-pyrrole nitrogens is 1. The van der Waals surface area contributed by atoms with E-state index in [1.165, 1.54) is 0 Å². The number of carbonyl (C=O) groups excluding carboxylic acids is 2. The van der Waals surface area contributed by atoms with Gasteiger partial charge in [-0.3, -0.25) is 9.59 Å². The molecule has 1 amide bonds. The minimum Gasteiger partial charge on any atom is -0.455 e. The van der Waals surface area contributed by atoms with Crippen molar-refractivity contribution in [1.82, 2.24) is 10.3 Å². The van der Waals surface area contributed by atoms with Crippen molar-refractivity contribution in [2.24, 2.45) is 5.92 Å². The summed E-state index contributed by atoms with van der Waals surface area (Å²) >= 11 is 0. The van der Waals surface area contributed by atoms with Crippen LogP contribution in [0.3, 0.4) is 0 Å². The van der Waals surface area contributed by atoms with Crippen LogP contribution in [0.15, 0.2) is 30.5 Å². The molecule has 6 heteroatoms. The van der Waals surface area contributed by atoms with Crippen LogP contribution in [-0.4, -0.2) is 29.0 Å². The second-order valence-electron chi connectivity index (χ2n) is 6.33. The molecule has 0 aliphatic heterocycles. The number of aromatic amines is 1. The fraction of sp³-hybridized carbons (Fsp3) is 0.389. The summed E-state index contributed by atoms with van der Waals surface area (Å²) in [4.78, 5) is 27.0. The third-order valence-corrected chi connectivity index (χ3v) is 4.40. The summed E-state index contributed by atoms with van der Waals surface area (Å²) in [5, 5.41) is 12.8. The number of ether oxygens (including phenoxy) is 1. The Morgan fingerprint density at radius 2 is 2.17 bits per heavy atom. The maximum absolute atomic E-state index is 12.0. The number of nitrogens with zero attached hydrogens (tertiary/aromatic N) is 1. The average molecular weight is 325 g/mol. The van der Waals surface area contributed by atoms with Crippen LogP contribution in [0.5, 0.6) is 0 Å². The summed E-state index contributed by atoms with van der Waals surface area (Å²) in [5.41, 5.74) is 0.906. The van der Waals surface area contributed by atoms with Crippen molar-refractivity contribution < 1.29 is 14.3 Å². The molecule has 0 radical (unpaired) electrons. The molecule has 1 fully saturated rings. The van der Waals surface area contributed by atoms with Crippen molar-refractivity contribution >= 4 is 22.8 Å². The highest BCUT2D eigenvalue weighted by atomic mass is 16.5. The lowest BCUT2D eigenvalue weighted by Gasteiger charge is -2.22. The first-order valence-corrected chi connectivity index (χ1v) is 7.95. The molecule has 0 spiro atoms. The van der Waals surface area contributed by atoms with Crippen molar-refractivity contribution in [3.05, 3.63) is 36.0 Å². The zero-order valence-corrected chi connectivity index (χ0v) is 13.5. The molecule has 1 atom stereocenters. The Balaban J connectivity index is 1.52. The number of hydrogen-bond donors (Lipinski definition) is 2. The first-order valence-electron chi connectivity index (χ1n) is 7.95. The van der Waals surface area contributed by atoms with Gasteiger partial charge >= 0.3 is 5.97 Å². The lowest BCUT2D eigenvalue weighted by atomic mass is 9.98. The molecule has 24 heavy (non-hydrogen) atoms. The summed E-state index contributed by atoms with van der Waals surface area (Å²) in [7, 11) is 0. The number of benzene rings is 1. The predicted octanol–water partition coefficient (Wildman–Crippen LogP) is 2.06. The van der Waals surface area contributed by atoms with E-state index in [9.17, 15) is 14.9 Å². The zero-order valence-electron chi connectivity index (χ0n) is 13.5. The summed E-state index contributed by atoms with van der Waals surface area (Å²) in [6, 6.07) is 9.81. The standard InChI is InChI=1S/C18H19N3O3/c1-18(11-19,13-6-7-13)21-16(22)10-24-17(23)8-12-9-20-15-5-3-2-4-14(12)15/h2-5,9,13,20H,6-8,10H2,1H3,(H,21,22)/t18-/m1/s1. The molecule has 1 heterocycles. The Bertz CT molecular complexity index is 816. The van der Waals surface area contributed by atoms with Crippen molar-refractivity contribution in [3.8, 4) is 6.07 Å². The number of esters is 1. The first kappa shape index (κ1) is 16.1. The van der Waals surface area contributed by atoms with Gasteiger partial charge in [0.2, 0.25) is 0 Å². The Morgan fingerprint density at radius 3 is 2.88 bits per heavy atom. The van der Waals surface area contributed by atoms with Gasteiger partial charge in [-0.25, -0.2) is 0 Å². The predicted molar refractivity (Wildman–Crippen MR) is 87.8 cm³/mol. The van der Waals surface area contributed by atoms with Gasteiger partial charge in [0.1, 0.15) is 5.54 Å². The van der Waals surface area contributed by atoms with Crippen LogP contribution in [0.4, 0.5) is 0 Å². The number of carbonyl (C=O) groups is 2. The summed E-state index contributed by atoms with van der Waals surface area (Å²) in [6.45, 7) is 1.33. The van der Waals surface area contributed by atoms with Gasteiger partial charge in [0.05, 0.1) is 12.5 Å².